The van der Waals surface area contributed by atoms with Gasteiger partial charge in [0.2, 0.25) is 5.91 Å². The van der Waals surface area contributed by atoms with Crippen LogP contribution in [0.15, 0.2) is 66.7 Å². The van der Waals surface area contributed by atoms with Crippen LogP contribution >= 0.6 is 0 Å². The van der Waals surface area contributed by atoms with Gasteiger partial charge in [-0.2, -0.15) is 0 Å². The van der Waals surface area contributed by atoms with Crippen LogP contribution < -0.4 is 5.32 Å². The monoisotopic (exact) mass is 393 g/mol. The van der Waals surface area contributed by atoms with Crippen molar-refractivity contribution in [1.82, 2.24) is 5.32 Å². The average molecular weight is 393 g/mol. The highest BCUT2D eigenvalue weighted by Crippen LogP contribution is 2.19. The zero-order valence-electron chi connectivity index (χ0n) is 16.5. The fourth-order valence-corrected chi connectivity index (χ4v) is 3.17. The standard InChI is InChI=1S/C24H24FNO3/c1-16(2)23(24(28)29-15-17-10-12-20(25)13-11-17)26-22(27)14-19-8-5-7-18-6-3-4-9-21(18)19/h3-13,16,23H,14-15H2,1-2H3,(H,26,27)/t23-/m0/s1. The molecule has 1 atom stereocenters. The van der Waals surface area contributed by atoms with E-state index in [2.05, 4.69) is 5.32 Å². The molecule has 0 aliphatic heterocycles. The first kappa shape index (κ1) is 20.5. The first-order valence-corrected chi connectivity index (χ1v) is 9.61. The molecule has 0 bridgehead atoms. The van der Waals surface area contributed by atoms with Crippen molar-refractivity contribution in [2.45, 2.75) is 32.9 Å². The van der Waals surface area contributed by atoms with Crippen LogP contribution in [-0.4, -0.2) is 17.9 Å². The lowest BCUT2D eigenvalue weighted by Gasteiger charge is -2.21. The van der Waals surface area contributed by atoms with Gasteiger partial charge >= 0.3 is 5.97 Å². The number of halogens is 1. The molecule has 0 spiro atoms. The second-order valence-electron chi connectivity index (χ2n) is 7.34. The fourth-order valence-electron chi connectivity index (χ4n) is 3.17. The number of carbonyl (C=O) groups is 2. The van der Waals surface area contributed by atoms with Gasteiger partial charge in [-0.3, -0.25) is 4.79 Å². The molecule has 3 rings (SSSR count). The molecule has 0 saturated heterocycles. The third-order valence-electron chi connectivity index (χ3n) is 4.76. The van der Waals surface area contributed by atoms with Crippen molar-refractivity contribution < 1.29 is 18.7 Å². The Hall–Kier alpha value is -3.21. The molecule has 1 amide bonds. The van der Waals surface area contributed by atoms with Gasteiger partial charge in [-0.15, -0.1) is 0 Å². The number of nitrogens with one attached hydrogen (secondary N) is 1. The predicted octanol–water partition coefficient (Wildman–Crippen LogP) is 4.41. The summed E-state index contributed by atoms with van der Waals surface area (Å²) in [4.78, 5) is 25.1. The van der Waals surface area contributed by atoms with Crippen molar-refractivity contribution in [3.63, 3.8) is 0 Å². The minimum absolute atomic E-state index is 0.0293. The van der Waals surface area contributed by atoms with Gasteiger partial charge in [-0.1, -0.05) is 68.4 Å². The second kappa shape index (κ2) is 9.32. The van der Waals surface area contributed by atoms with Gasteiger partial charge < -0.3 is 10.1 Å². The summed E-state index contributed by atoms with van der Waals surface area (Å²) in [5.74, 6) is -1.22. The molecule has 4 nitrogen and oxygen atoms in total. The van der Waals surface area contributed by atoms with Crippen LogP contribution in [0, 0.1) is 11.7 Å². The van der Waals surface area contributed by atoms with Crippen LogP contribution in [0.1, 0.15) is 25.0 Å². The van der Waals surface area contributed by atoms with E-state index in [-0.39, 0.29) is 30.7 Å². The lowest BCUT2D eigenvalue weighted by atomic mass is 10.0. The largest absolute Gasteiger partial charge is 0.459 e. The molecule has 0 heterocycles. The maximum atomic E-state index is 13.0. The average Bonchev–Trinajstić information content (AvgIpc) is 2.71. The quantitative estimate of drug-likeness (QED) is 0.605. The van der Waals surface area contributed by atoms with Gasteiger partial charge in [0.05, 0.1) is 6.42 Å². The first-order valence-electron chi connectivity index (χ1n) is 9.61. The van der Waals surface area contributed by atoms with E-state index < -0.39 is 12.0 Å². The fraction of sp³-hybridized carbons (Fsp3) is 0.250. The van der Waals surface area contributed by atoms with Crippen molar-refractivity contribution in [2.75, 3.05) is 0 Å². The van der Waals surface area contributed by atoms with E-state index in [1.807, 2.05) is 56.3 Å². The van der Waals surface area contributed by atoms with E-state index in [0.717, 1.165) is 16.3 Å². The molecule has 1 N–H and O–H groups in total. The normalized spacial score (nSPS) is 12.0. The second-order valence-corrected chi connectivity index (χ2v) is 7.34. The number of carbonyl (C=O) groups excluding carboxylic acids is 2. The number of amides is 1. The molecule has 0 radical (unpaired) electrons. The molecule has 29 heavy (non-hydrogen) atoms. The Morgan fingerprint density at radius 3 is 2.38 bits per heavy atom. The number of rotatable bonds is 7. The number of hydrogen-bond acceptors (Lipinski definition) is 3. The third-order valence-corrected chi connectivity index (χ3v) is 4.76. The molecule has 5 heteroatoms. The number of benzene rings is 3. The summed E-state index contributed by atoms with van der Waals surface area (Å²) in [6, 6.07) is 18.7. The molecule has 150 valence electrons. The van der Waals surface area contributed by atoms with Crippen LogP contribution in [0.4, 0.5) is 4.39 Å². The lowest BCUT2D eigenvalue weighted by Crippen LogP contribution is -2.45. The van der Waals surface area contributed by atoms with E-state index in [4.69, 9.17) is 4.74 Å². The van der Waals surface area contributed by atoms with Crippen LogP contribution in [0.5, 0.6) is 0 Å². The summed E-state index contributed by atoms with van der Waals surface area (Å²) in [5.41, 5.74) is 1.59. The Kier molecular flexibility index (Phi) is 6.60. The van der Waals surface area contributed by atoms with Gasteiger partial charge in [0, 0.05) is 0 Å². The van der Waals surface area contributed by atoms with Gasteiger partial charge in [0.15, 0.2) is 0 Å². The van der Waals surface area contributed by atoms with Crippen LogP contribution in [0.25, 0.3) is 10.8 Å². The summed E-state index contributed by atoms with van der Waals surface area (Å²) >= 11 is 0. The van der Waals surface area contributed by atoms with Gasteiger partial charge in [-0.05, 0) is 39.9 Å². The SMILES string of the molecule is CC(C)[C@H](NC(=O)Cc1cccc2ccccc12)C(=O)OCc1ccc(F)cc1. The van der Waals surface area contributed by atoms with Crippen molar-refractivity contribution in [2.24, 2.45) is 5.92 Å². The molecular formula is C24H24FNO3. The van der Waals surface area contributed by atoms with E-state index >= 15 is 0 Å². The van der Waals surface area contributed by atoms with E-state index in [9.17, 15) is 14.0 Å². The van der Waals surface area contributed by atoms with E-state index in [0.29, 0.717) is 5.56 Å². The lowest BCUT2D eigenvalue weighted by molar-refractivity contribution is -0.150. The summed E-state index contributed by atoms with van der Waals surface area (Å²) < 4.78 is 18.3. The number of esters is 1. The Morgan fingerprint density at radius 2 is 1.66 bits per heavy atom. The van der Waals surface area contributed by atoms with E-state index in [1.165, 1.54) is 12.1 Å². The van der Waals surface area contributed by atoms with Gasteiger partial charge in [-0.25, -0.2) is 9.18 Å². The minimum Gasteiger partial charge on any atom is -0.459 e. The summed E-state index contributed by atoms with van der Waals surface area (Å²) in [6.07, 6.45) is 0.176. The molecule has 0 aliphatic rings. The van der Waals surface area contributed by atoms with Crippen LogP contribution in [0.3, 0.4) is 0 Å². The molecular weight excluding hydrogens is 369 g/mol. The highest BCUT2D eigenvalue weighted by atomic mass is 19.1. The summed E-state index contributed by atoms with van der Waals surface area (Å²) in [7, 11) is 0. The first-order chi connectivity index (χ1) is 13.9. The molecule has 0 saturated carbocycles. The van der Waals surface area contributed by atoms with Gasteiger partial charge in [0.25, 0.3) is 0 Å². The highest BCUT2D eigenvalue weighted by molar-refractivity contribution is 5.91. The predicted molar refractivity (Wildman–Crippen MR) is 111 cm³/mol. The zero-order valence-corrected chi connectivity index (χ0v) is 16.5. The Morgan fingerprint density at radius 1 is 0.966 bits per heavy atom. The molecule has 0 aromatic heterocycles. The highest BCUT2D eigenvalue weighted by Gasteiger charge is 2.26. The Bertz CT molecular complexity index is 993. The molecule has 0 unspecified atom stereocenters. The van der Waals surface area contributed by atoms with Crippen LogP contribution in [0.2, 0.25) is 0 Å². The zero-order chi connectivity index (χ0) is 20.8. The number of ether oxygens (including phenoxy) is 1. The minimum atomic E-state index is -0.752. The van der Waals surface area contributed by atoms with Crippen molar-refractivity contribution >= 4 is 22.6 Å². The van der Waals surface area contributed by atoms with Crippen LogP contribution in [-0.2, 0) is 27.4 Å². The molecule has 3 aromatic carbocycles. The van der Waals surface area contributed by atoms with Crippen molar-refractivity contribution in [3.05, 3.63) is 83.7 Å². The maximum Gasteiger partial charge on any atom is 0.329 e. The van der Waals surface area contributed by atoms with E-state index in [1.54, 1.807) is 12.1 Å². The van der Waals surface area contributed by atoms with Crippen molar-refractivity contribution in [3.8, 4) is 0 Å². The summed E-state index contributed by atoms with van der Waals surface area (Å²) in [6.45, 7) is 3.73. The molecule has 0 fully saturated rings. The maximum absolute atomic E-state index is 13.0. The molecule has 3 aromatic rings. The Balaban J connectivity index is 1.63. The Labute approximate surface area is 169 Å². The molecule has 0 aliphatic carbocycles. The third kappa shape index (κ3) is 5.41. The number of fused-ring (bicyclic) bond motifs is 1. The van der Waals surface area contributed by atoms with Gasteiger partial charge in [0.1, 0.15) is 18.5 Å². The summed E-state index contributed by atoms with van der Waals surface area (Å²) in [5, 5.41) is 4.89. The number of hydrogen-bond donors (Lipinski definition) is 1. The van der Waals surface area contributed by atoms with Crippen molar-refractivity contribution in [1.29, 1.82) is 0 Å². The smallest absolute Gasteiger partial charge is 0.329 e. The topological polar surface area (TPSA) is 55.4 Å².